The quantitative estimate of drug-likeness (QED) is 0.794. The Morgan fingerprint density at radius 3 is 2.90 bits per heavy atom. The molecule has 0 aliphatic carbocycles. The van der Waals surface area contributed by atoms with Crippen molar-refractivity contribution in [3.8, 4) is 5.75 Å². The van der Waals surface area contributed by atoms with Gasteiger partial charge < -0.3 is 14.8 Å². The molecule has 1 aromatic rings. The fourth-order valence-corrected chi connectivity index (χ4v) is 3.42. The van der Waals surface area contributed by atoms with E-state index in [4.69, 9.17) is 9.47 Å². The van der Waals surface area contributed by atoms with Crippen LogP contribution in [-0.4, -0.2) is 37.4 Å². The molecule has 0 bridgehead atoms. The number of thioether (sulfide) groups is 1. The molecule has 1 saturated heterocycles. The van der Waals surface area contributed by atoms with Crippen molar-refractivity contribution in [3.63, 3.8) is 0 Å². The maximum absolute atomic E-state index is 6.01. The maximum Gasteiger partial charge on any atom is 0.124 e. The van der Waals surface area contributed by atoms with Gasteiger partial charge >= 0.3 is 0 Å². The molecule has 4 heteroatoms. The van der Waals surface area contributed by atoms with Crippen LogP contribution in [0.2, 0.25) is 0 Å². The summed E-state index contributed by atoms with van der Waals surface area (Å²) in [7, 11) is 0. The first-order chi connectivity index (χ1) is 10.4. The molecule has 2 unspecified atom stereocenters. The van der Waals surface area contributed by atoms with Crippen LogP contribution >= 0.6 is 11.8 Å². The number of rotatable bonds is 8. The van der Waals surface area contributed by atoms with Crippen molar-refractivity contribution in [2.45, 2.75) is 38.8 Å². The third-order valence-corrected chi connectivity index (χ3v) is 4.56. The van der Waals surface area contributed by atoms with Crippen molar-refractivity contribution in [2.75, 3.05) is 31.3 Å². The summed E-state index contributed by atoms with van der Waals surface area (Å²) >= 11 is 1.98. The van der Waals surface area contributed by atoms with E-state index in [1.165, 1.54) is 5.56 Å². The van der Waals surface area contributed by atoms with Crippen molar-refractivity contribution in [1.29, 1.82) is 0 Å². The van der Waals surface area contributed by atoms with Gasteiger partial charge in [0.25, 0.3) is 0 Å². The number of hydrogen-bond donors (Lipinski definition) is 1. The highest BCUT2D eigenvalue weighted by atomic mass is 32.2. The smallest absolute Gasteiger partial charge is 0.124 e. The lowest BCUT2D eigenvalue weighted by molar-refractivity contribution is 0.0460. The molecule has 118 valence electrons. The van der Waals surface area contributed by atoms with E-state index in [0.717, 1.165) is 49.9 Å². The van der Waals surface area contributed by atoms with Crippen molar-refractivity contribution in [3.05, 3.63) is 29.8 Å². The lowest BCUT2D eigenvalue weighted by Crippen LogP contribution is -2.38. The molecule has 2 rings (SSSR count). The first kappa shape index (κ1) is 16.7. The second-order valence-electron chi connectivity index (χ2n) is 5.30. The Morgan fingerprint density at radius 2 is 2.19 bits per heavy atom. The Labute approximate surface area is 132 Å². The van der Waals surface area contributed by atoms with E-state index < -0.39 is 0 Å². The highest BCUT2D eigenvalue weighted by Gasteiger charge is 2.28. The molecule has 1 aromatic carbocycles. The van der Waals surface area contributed by atoms with Gasteiger partial charge in [-0.3, -0.25) is 0 Å². The zero-order valence-electron chi connectivity index (χ0n) is 13.1. The van der Waals surface area contributed by atoms with Crippen molar-refractivity contribution in [2.24, 2.45) is 0 Å². The van der Waals surface area contributed by atoms with Gasteiger partial charge in [-0.15, -0.1) is 0 Å². The van der Waals surface area contributed by atoms with E-state index in [1.54, 1.807) is 0 Å². The van der Waals surface area contributed by atoms with Crippen LogP contribution in [0.3, 0.4) is 0 Å². The summed E-state index contributed by atoms with van der Waals surface area (Å²) in [6, 6.07) is 8.58. The standard InChI is InChI=1S/C17H27NO2S/c1-3-9-18-17(16-13-21-12-11-20-16)14-7-5-6-8-15(14)19-10-4-2/h5-8,16-18H,3-4,9-13H2,1-2H3. The number of para-hydroxylation sites is 1. The molecule has 2 atom stereocenters. The van der Waals surface area contributed by atoms with Crippen LogP contribution in [0.25, 0.3) is 0 Å². The van der Waals surface area contributed by atoms with Gasteiger partial charge in [-0.05, 0) is 25.5 Å². The van der Waals surface area contributed by atoms with E-state index in [1.807, 2.05) is 17.8 Å². The maximum atomic E-state index is 6.01. The Kier molecular flexibility index (Phi) is 7.41. The topological polar surface area (TPSA) is 30.5 Å². The lowest BCUT2D eigenvalue weighted by atomic mass is 10.0. The highest BCUT2D eigenvalue weighted by molar-refractivity contribution is 7.99. The molecule has 1 fully saturated rings. The van der Waals surface area contributed by atoms with Crippen LogP contribution in [-0.2, 0) is 4.74 Å². The van der Waals surface area contributed by atoms with Crippen LogP contribution in [0.1, 0.15) is 38.3 Å². The minimum absolute atomic E-state index is 0.214. The van der Waals surface area contributed by atoms with Crippen molar-refractivity contribution in [1.82, 2.24) is 5.32 Å². The Bertz CT molecular complexity index is 408. The van der Waals surface area contributed by atoms with E-state index in [0.29, 0.717) is 0 Å². The lowest BCUT2D eigenvalue weighted by Gasteiger charge is -2.32. The number of ether oxygens (including phenoxy) is 2. The number of hydrogen-bond acceptors (Lipinski definition) is 4. The number of nitrogens with one attached hydrogen (secondary N) is 1. The largest absolute Gasteiger partial charge is 0.493 e. The molecule has 1 N–H and O–H groups in total. The van der Waals surface area contributed by atoms with E-state index in [9.17, 15) is 0 Å². The van der Waals surface area contributed by atoms with Crippen LogP contribution in [0, 0.1) is 0 Å². The van der Waals surface area contributed by atoms with Gasteiger partial charge in [0, 0.05) is 17.1 Å². The molecule has 3 nitrogen and oxygen atoms in total. The minimum atomic E-state index is 0.214. The summed E-state index contributed by atoms with van der Waals surface area (Å²) in [6.45, 7) is 6.93. The molecule has 0 aromatic heterocycles. The van der Waals surface area contributed by atoms with Crippen LogP contribution in [0.4, 0.5) is 0 Å². The first-order valence-electron chi connectivity index (χ1n) is 8.01. The van der Waals surface area contributed by atoms with Gasteiger partial charge in [-0.1, -0.05) is 32.0 Å². The molecular weight excluding hydrogens is 282 g/mol. The fraction of sp³-hybridized carbons (Fsp3) is 0.647. The Balaban J connectivity index is 2.18. The molecule has 1 heterocycles. The summed E-state index contributed by atoms with van der Waals surface area (Å²) in [5, 5.41) is 3.65. The second kappa shape index (κ2) is 9.34. The van der Waals surface area contributed by atoms with Crippen LogP contribution < -0.4 is 10.1 Å². The SMILES string of the molecule is CCCNC(c1ccccc1OCCC)C1CSCCO1. The van der Waals surface area contributed by atoms with Crippen molar-refractivity contribution >= 4 is 11.8 Å². The van der Waals surface area contributed by atoms with Gasteiger partial charge in [-0.2, -0.15) is 11.8 Å². The number of benzene rings is 1. The van der Waals surface area contributed by atoms with Crippen molar-refractivity contribution < 1.29 is 9.47 Å². The summed E-state index contributed by atoms with van der Waals surface area (Å²) in [6.07, 6.45) is 2.37. The van der Waals surface area contributed by atoms with Gasteiger partial charge in [0.05, 0.1) is 25.4 Å². The van der Waals surface area contributed by atoms with Crippen LogP contribution in [0.15, 0.2) is 24.3 Å². The highest BCUT2D eigenvalue weighted by Crippen LogP contribution is 2.31. The third kappa shape index (κ3) is 4.90. The zero-order chi connectivity index (χ0) is 14.9. The Morgan fingerprint density at radius 1 is 1.33 bits per heavy atom. The molecular formula is C17H27NO2S. The molecule has 1 aliphatic heterocycles. The van der Waals surface area contributed by atoms with Crippen LogP contribution in [0.5, 0.6) is 5.75 Å². The predicted molar refractivity (Wildman–Crippen MR) is 90.3 cm³/mol. The summed E-state index contributed by atoms with van der Waals surface area (Å²) in [4.78, 5) is 0. The van der Waals surface area contributed by atoms with Gasteiger partial charge in [0.15, 0.2) is 0 Å². The van der Waals surface area contributed by atoms with E-state index in [-0.39, 0.29) is 12.1 Å². The third-order valence-electron chi connectivity index (χ3n) is 3.54. The van der Waals surface area contributed by atoms with E-state index >= 15 is 0 Å². The molecule has 1 aliphatic rings. The Hall–Kier alpha value is -0.710. The predicted octanol–water partition coefficient (Wildman–Crippen LogP) is 3.65. The summed E-state index contributed by atoms with van der Waals surface area (Å²) < 4.78 is 11.9. The summed E-state index contributed by atoms with van der Waals surface area (Å²) in [5.41, 5.74) is 1.23. The molecule has 0 amide bonds. The zero-order valence-corrected chi connectivity index (χ0v) is 14.0. The van der Waals surface area contributed by atoms with Gasteiger partial charge in [-0.25, -0.2) is 0 Å². The minimum Gasteiger partial charge on any atom is -0.493 e. The normalized spacial score (nSPS) is 20.2. The second-order valence-corrected chi connectivity index (χ2v) is 6.45. The first-order valence-corrected chi connectivity index (χ1v) is 9.16. The van der Waals surface area contributed by atoms with Gasteiger partial charge in [0.2, 0.25) is 0 Å². The molecule has 0 spiro atoms. The van der Waals surface area contributed by atoms with E-state index in [2.05, 4.69) is 37.4 Å². The average molecular weight is 309 g/mol. The summed E-state index contributed by atoms with van der Waals surface area (Å²) in [5.74, 6) is 3.14. The molecule has 0 saturated carbocycles. The molecule has 21 heavy (non-hydrogen) atoms. The van der Waals surface area contributed by atoms with Gasteiger partial charge in [0.1, 0.15) is 5.75 Å². The monoisotopic (exact) mass is 309 g/mol. The fourth-order valence-electron chi connectivity index (χ4n) is 2.52. The molecule has 0 radical (unpaired) electrons. The average Bonchev–Trinajstić information content (AvgIpc) is 2.55.